The molecule has 2 aromatic rings. The van der Waals surface area contributed by atoms with Crippen molar-refractivity contribution >= 4 is 21.6 Å². The first-order chi connectivity index (χ1) is 9.24. The zero-order valence-corrected chi connectivity index (χ0v) is 12.3. The lowest BCUT2D eigenvalue weighted by Crippen LogP contribution is -2.13. The van der Waals surface area contributed by atoms with Crippen molar-refractivity contribution in [1.29, 1.82) is 5.26 Å². The van der Waals surface area contributed by atoms with E-state index in [1.807, 2.05) is 28.8 Å². The van der Waals surface area contributed by atoms with Gasteiger partial charge in [-0.05, 0) is 24.6 Å². The van der Waals surface area contributed by atoms with Crippen molar-refractivity contribution < 1.29 is 0 Å². The Balaban J connectivity index is 2.21. The van der Waals surface area contributed by atoms with E-state index in [2.05, 4.69) is 39.2 Å². The average molecular weight is 319 g/mol. The maximum atomic E-state index is 9.36. The van der Waals surface area contributed by atoms with Crippen LogP contribution in [0.15, 0.2) is 41.3 Å². The lowest BCUT2D eigenvalue weighted by molar-refractivity contribution is 0.640. The van der Waals surface area contributed by atoms with E-state index in [1.54, 1.807) is 12.5 Å². The van der Waals surface area contributed by atoms with Crippen LogP contribution in [0.1, 0.15) is 25.1 Å². The van der Waals surface area contributed by atoms with Gasteiger partial charge in [0, 0.05) is 16.7 Å². The van der Waals surface area contributed by atoms with Crippen LogP contribution in [0.2, 0.25) is 0 Å². The van der Waals surface area contributed by atoms with Gasteiger partial charge in [0.2, 0.25) is 0 Å². The van der Waals surface area contributed by atoms with Gasteiger partial charge in [0.1, 0.15) is 0 Å². The number of nitrogens with zero attached hydrogens (tertiary/aromatic N) is 3. The number of hydrogen-bond acceptors (Lipinski definition) is 3. The monoisotopic (exact) mass is 318 g/mol. The van der Waals surface area contributed by atoms with Crippen LogP contribution < -0.4 is 5.32 Å². The average Bonchev–Trinajstić information content (AvgIpc) is 2.85. The van der Waals surface area contributed by atoms with Crippen LogP contribution in [0.5, 0.6) is 0 Å². The number of benzene rings is 1. The van der Waals surface area contributed by atoms with Crippen LogP contribution in [0.4, 0.5) is 5.69 Å². The Morgan fingerprint density at radius 2 is 2.37 bits per heavy atom. The molecule has 1 atom stereocenters. The second-order valence-corrected chi connectivity index (χ2v) is 5.14. The zero-order chi connectivity index (χ0) is 13.7. The Morgan fingerprint density at radius 1 is 1.53 bits per heavy atom. The molecule has 0 radical (unpaired) electrons. The molecule has 0 aliphatic carbocycles. The van der Waals surface area contributed by atoms with E-state index >= 15 is 0 Å². The summed E-state index contributed by atoms with van der Waals surface area (Å²) in [5.41, 5.74) is 1.80. The highest BCUT2D eigenvalue weighted by Gasteiger charge is 2.15. The van der Waals surface area contributed by atoms with Crippen molar-refractivity contribution in [3.05, 3.63) is 47.0 Å². The molecule has 19 heavy (non-hydrogen) atoms. The fraction of sp³-hybridized carbons (Fsp3) is 0.286. The van der Waals surface area contributed by atoms with Crippen LogP contribution in [0.3, 0.4) is 0 Å². The number of imidazole rings is 1. The van der Waals surface area contributed by atoms with Crippen molar-refractivity contribution in [2.45, 2.75) is 25.9 Å². The van der Waals surface area contributed by atoms with Gasteiger partial charge < -0.3 is 9.88 Å². The minimum atomic E-state index is -0.400. The van der Waals surface area contributed by atoms with E-state index < -0.39 is 6.04 Å². The second kappa shape index (κ2) is 6.39. The largest absolute Gasteiger partial charge is 0.365 e. The summed E-state index contributed by atoms with van der Waals surface area (Å²) in [4.78, 5) is 4.13. The first kappa shape index (κ1) is 13.6. The van der Waals surface area contributed by atoms with Gasteiger partial charge in [0.25, 0.3) is 0 Å². The molecular weight excluding hydrogens is 304 g/mol. The van der Waals surface area contributed by atoms with E-state index in [1.165, 1.54) is 0 Å². The third kappa shape index (κ3) is 3.36. The third-order valence-electron chi connectivity index (χ3n) is 2.77. The number of aromatic nitrogens is 2. The van der Waals surface area contributed by atoms with Crippen molar-refractivity contribution in [2.75, 3.05) is 5.32 Å². The van der Waals surface area contributed by atoms with Gasteiger partial charge in [0.15, 0.2) is 6.04 Å². The molecule has 1 aromatic heterocycles. The first-order valence-electron chi connectivity index (χ1n) is 6.16. The molecule has 0 aliphatic heterocycles. The van der Waals surface area contributed by atoms with Gasteiger partial charge in [0.05, 0.1) is 24.3 Å². The summed E-state index contributed by atoms with van der Waals surface area (Å²) in [6.07, 6.45) is 4.53. The van der Waals surface area contributed by atoms with Crippen LogP contribution in [-0.2, 0) is 6.54 Å². The Kier molecular flexibility index (Phi) is 4.58. The number of hydrogen-bond donors (Lipinski definition) is 1. The van der Waals surface area contributed by atoms with Gasteiger partial charge in [-0.1, -0.05) is 28.9 Å². The number of anilines is 1. The van der Waals surface area contributed by atoms with E-state index in [0.717, 1.165) is 28.8 Å². The molecule has 0 saturated carbocycles. The molecule has 2 rings (SSSR count). The normalized spacial score (nSPS) is 11.8. The molecule has 0 bridgehead atoms. The van der Waals surface area contributed by atoms with E-state index in [9.17, 15) is 5.26 Å². The van der Waals surface area contributed by atoms with E-state index in [0.29, 0.717) is 0 Å². The molecule has 1 N–H and O–H groups in total. The Labute approximate surface area is 121 Å². The van der Waals surface area contributed by atoms with Gasteiger partial charge in [-0.15, -0.1) is 0 Å². The summed E-state index contributed by atoms with van der Waals surface area (Å²) in [5, 5.41) is 12.6. The fourth-order valence-corrected chi connectivity index (χ4v) is 2.32. The summed E-state index contributed by atoms with van der Waals surface area (Å²) in [6, 6.07) is 9.66. The lowest BCUT2D eigenvalue weighted by atomic mass is 10.2. The number of aryl methyl sites for hydroxylation is 1. The summed E-state index contributed by atoms with van der Waals surface area (Å²) in [7, 11) is 0. The summed E-state index contributed by atoms with van der Waals surface area (Å²) in [5.74, 6) is 0. The quantitative estimate of drug-likeness (QED) is 0.913. The predicted octanol–water partition coefficient (Wildman–Crippen LogP) is 3.73. The number of halogens is 1. The van der Waals surface area contributed by atoms with Crippen molar-refractivity contribution in [3.63, 3.8) is 0 Å². The molecule has 0 aliphatic rings. The number of nitrogens with one attached hydrogen (secondary N) is 1. The number of rotatable bonds is 5. The van der Waals surface area contributed by atoms with Crippen molar-refractivity contribution in [1.82, 2.24) is 9.55 Å². The van der Waals surface area contributed by atoms with Gasteiger partial charge >= 0.3 is 0 Å². The zero-order valence-electron chi connectivity index (χ0n) is 10.7. The summed E-state index contributed by atoms with van der Waals surface area (Å²) < 4.78 is 3.00. The van der Waals surface area contributed by atoms with Gasteiger partial charge in [-0.25, -0.2) is 4.98 Å². The molecule has 5 heteroatoms. The molecule has 1 heterocycles. The molecule has 1 aromatic carbocycles. The maximum absolute atomic E-state index is 9.36. The van der Waals surface area contributed by atoms with Crippen molar-refractivity contribution in [2.24, 2.45) is 0 Å². The van der Waals surface area contributed by atoms with Gasteiger partial charge in [-0.3, -0.25) is 0 Å². The highest BCUT2D eigenvalue weighted by atomic mass is 79.9. The van der Waals surface area contributed by atoms with E-state index in [-0.39, 0.29) is 0 Å². The molecule has 4 nitrogen and oxygen atoms in total. The molecular formula is C14H15BrN4. The van der Waals surface area contributed by atoms with Gasteiger partial charge in [-0.2, -0.15) is 5.26 Å². The highest BCUT2D eigenvalue weighted by molar-refractivity contribution is 9.10. The summed E-state index contributed by atoms with van der Waals surface area (Å²) >= 11 is 3.42. The van der Waals surface area contributed by atoms with Crippen LogP contribution in [0, 0.1) is 11.3 Å². The Morgan fingerprint density at radius 3 is 3.05 bits per heavy atom. The highest BCUT2D eigenvalue weighted by Crippen LogP contribution is 2.22. The molecule has 0 amide bonds. The lowest BCUT2D eigenvalue weighted by Gasteiger charge is -2.15. The molecule has 0 saturated heterocycles. The fourth-order valence-electron chi connectivity index (χ4n) is 1.92. The standard InChI is InChI=1S/C14H15BrN4/c1-2-6-19-10-17-9-14(19)13(8-16)18-12-5-3-4-11(15)7-12/h3-5,7,9-10,13,18H,2,6H2,1H3. The van der Waals surface area contributed by atoms with Crippen LogP contribution >= 0.6 is 15.9 Å². The Bertz CT molecular complexity index is 585. The SMILES string of the molecule is CCCn1cncc1C(C#N)Nc1cccc(Br)c1. The molecule has 0 fully saturated rings. The predicted molar refractivity (Wildman–Crippen MR) is 78.6 cm³/mol. The summed E-state index contributed by atoms with van der Waals surface area (Å²) in [6.45, 7) is 2.97. The Hall–Kier alpha value is -1.80. The number of nitriles is 1. The minimum Gasteiger partial charge on any atom is -0.365 e. The maximum Gasteiger partial charge on any atom is 0.156 e. The minimum absolute atomic E-state index is 0.400. The molecule has 1 unspecified atom stereocenters. The van der Waals surface area contributed by atoms with E-state index in [4.69, 9.17) is 0 Å². The topological polar surface area (TPSA) is 53.6 Å². The second-order valence-electron chi connectivity index (χ2n) is 4.23. The smallest absolute Gasteiger partial charge is 0.156 e. The third-order valence-corrected chi connectivity index (χ3v) is 3.26. The molecule has 0 spiro atoms. The van der Waals surface area contributed by atoms with Crippen molar-refractivity contribution in [3.8, 4) is 6.07 Å². The molecule has 98 valence electrons. The first-order valence-corrected chi connectivity index (χ1v) is 6.95. The van der Waals surface area contributed by atoms with Crippen LogP contribution in [-0.4, -0.2) is 9.55 Å². The van der Waals surface area contributed by atoms with Crippen LogP contribution in [0.25, 0.3) is 0 Å².